The molecule has 0 aromatic carbocycles. The Morgan fingerprint density at radius 3 is 2.59 bits per heavy atom. The van der Waals surface area contributed by atoms with Gasteiger partial charge in [-0.2, -0.15) is 0 Å². The Morgan fingerprint density at radius 1 is 1.29 bits per heavy atom. The zero-order valence-corrected chi connectivity index (χ0v) is 12.2. The quantitative estimate of drug-likeness (QED) is 0.772. The lowest BCUT2D eigenvalue weighted by molar-refractivity contribution is 0.327. The average Bonchev–Trinajstić information content (AvgIpc) is 2.97. The summed E-state index contributed by atoms with van der Waals surface area (Å²) >= 11 is 1.99. The second kappa shape index (κ2) is 5.53. The maximum Gasteiger partial charge on any atom is 0.00682 e. The number of nitrogens with one attached hydrogen (secondary N) is 1. The van der Waals surface area contributed by atoms with Crippen molar-refractivity contribution in [2.45, 2.75) is 58.9 Å². The van der Waals surface area contributed by atoms with E-state index >= 15 is 0 Å². The zero-order chi connectivity index (χ0) is 12.3. The van der Waals surface area contributed by atoms with E-state index in [1.54, 1.807) is 4.88 Å². The van der Waals surface area contributed by atoms with Crippen molar-refractivity contribution in [3.05, 3.63) is 21.9 Å². The first kappa shape index (κ1) is 13.1. The highest BCUT2D eigenvalue weighted by molar-refractivity contribution is 7.11. The molecule has 2 rings (SSSR count). The molecule has 1 nitrogen and oxygen atoms in total. The van der Waals surface area contributed by atoms with Crippen LogP contribution in [0.15, 0.2) is 12.1 Å². The second-order valence-electron chi connectivity index (χ2n) is 6.04. The van der Waals surface area contributed by atoms with Crippen LogP contribution in [0.25, 0.3) is 0 Å². The number of hydrogen-bond acceptors (Lipinski definition) is 2. The van der Waals surface area contributed by atoms with Gasteiger partial charge in [0.05, 0.1) is 0 Å². The molecule has 1 aromatic rings. The van der Waals surface area contributed by atoms with E-state index in [4.69, 9.17) is 0 Å². The summed E-state index contributed by atoms with van der Waals surface area (Å²) in [7, 11) is 0. The number of hydrogen-bond donors (Lipinski definition) is 1. The van der Waals surface area contributed by atoms with E-state index in [2.05, 4.69) is 38.2 Å². The minimum Gasteiger partial charge on any atom is -0.314 e. The van der Waals surface area contributed by atoms with Crippen LogP contribution in [0.2, 0.25) is 0 Å². The molecular weight excluding hydrogens is 226 g/mol. The highest BCUT2D eigenvalue weighted by Crippen LogP contribution is 2.30. The van der Waals surface area contributed by atoms with Gasteiger partial charge in [-0.25, -0.2) is 0 Å². The predicted octanol–water partition coefficient (Wildman–Crippen LogP) is 4.02. The van der Waals surface area contributed by atoms with Crippen molar-refractivity contribution in [1.82, 2.24) is 5.32 Å². The van der Waals surface area contributed by atoms with Gasteiger partial charge in [0.15, 0.2) is 0 Å². The summed E-state index contributed by atoms with van der Waals surface area (Å²) in [5.74, 6) is 0. The maximum atomic E-state index is 3.62. The van der Waals surface area contributed by atoms with Gasteiger partial charge in [0.2, 0.25) is 0 Å². The van der Waals surface area contributed by atoms with Gasteiger partial charge in [0.25, 0.3) is 0 Å². The number of thiophene rings is 1. The molecule has 1 aliphatic rings. The van der Waals surface area contributed by atoms with E-state index in [1.807, 2.05) is 11.3 Å². The van der Waals surface area contributed by atoms with Crippen molar-refractivity contribution < 1.29 is 0 Å². The first-order valence-electron chi connectivity index (χ1n) is 6.90. The molecule has 1 heterocycles. The van der Waals surface area contributed by atoms with Crippen LogP contribution in [0.5, 0.6) is 0 Å². The average molecular weight is 251 g/mol. The predicted molar refractivity (Wildman–Crippen MR) is 76.8 cm³/mol. The Morgan fingerprint density at radius 2 is 2.00 bits per heavy atom. The first-order chi connectivity index (χ1) is 8.09. The van der Waals surface area contributed by atoms with Crippen LogP contribution < -0.4 is 5.32 Å². The van der Waals surface area contributed by atoms with Crippen LogP contribution in [-0.4, -0.2) is 12.6 Å². The lowest BCUT2D eigenvalue weighted by atomic mass is 9.85. The Kier molecular flexibility index (Phi) is 4.26. The monoisotopic (exact) mass is 251 g/mol. The molecule has 17 heavy (non-hydrogen) atoms. The largest absolute Gasteiger partial charge is 0.314 e. The Bertz CT molecular complexity index is 350. The van der Waals surface area contributed by atoms with Gasteiger partial charge in [-0.05, 0) is 56.2 Å². The van der Waals surface area contributed by atoms with Crippen LogP contribution in [0, 0.1) is 5.41 Å². The van der Waals surface area contributed by atoms with E-state index in [1.165, 1.54) is 43.5 Å². The fourth-order valence-corrected chi connectivity index (χ4v) is 3.39. The third kappa shape index (κ3) is 4.44. The summed E-state index contributed by atoms with van der Waals surface area (Å²) in [6, 6.07) is 5.46. The molecule has 0 aliphatic heterocycles. The van der Waals surface area contributed by atoms with Gasteiger partial charge in [-0.15, -0.1) is 11.3 Å². The van der Waals surface area contributed by atoms with E-state index < -0.39 is 0 Å². The molecule has 0 radical (unpaired) electrons. The van der Waals surface area contributed by atoms with Gasteiger partial charge < -0.3 is 5.32 Å². The normalized spacial score (nSPS) is 16.4. The minimum atomic E-state index is 0.428. The maximum absolute atomic E-state index is 3.62. The molecule has 0 atom stereocenters. The molecule has 1 fully saturated rings. The van der Waals surface area contributed by atoms with Gasteiger partial charge in [-0.3, -0.25) is 0 Å². The molecule has 1 aliphatic carbocycles. The first-order valence-corrected chi connectivity index (χ1v) is 7.72. The molecular formula is C15H25NS. The van der Waals surface area contributed by atoms with Crippen molar-refractivity contribution in [2.24, 2.45) is 5.41 Å². The molecule has 0 saturated heterocycles. The molecule has 1 saturated carbocycles. The fraction of sp³-hybridized carbons (Fsp3) is 0.733. The van der Waals surface area contributed by atoms with E-state index in [0.29, 0.717) is 5.41 Å². The summed E-state index contributed by atoms with van der Waals surface area (Å²) in [5, 5.41) is 3.62. The summed E-state index contributed by atoms with van der Waals surface area (Å²) in [6.07, 6.45) is 6.47. The molecule has 0 amide bonds. The van der Waals surface area contributed by atoms with E-state index in [0.717, 1.165) is 6.04 Å². The molecule has 0 unspecified atom stereocenters. The van der Waals surface area contributed by atoms with Gasteiger partial charge in [-0.1, -0.05) is 20.8 Å². The van der Waals surface area contributed by atoms with Crippen molar-refractivity contribution in [1.29, 1.82) is 0 Å². The molecule has 0 spiro atoms. The zero-order valence-electron chi connectivity index (χ0n) is 11.4. The fourth-order valence-electron chi connectivity index (χ4n) is 2.17. The smallest absolute Gasteiger partial charge is 0.00682 e. The summed E-state index contributed by atoms with van der Waals surface area (Å²) < 4.78 is 0. The van der Waals surface area contributed by atoms with Crippen molar-refractivity contribution >= 4 is 11.3 Å². The van der Waals surface area contributed by atoms with Crippen molar-refractivity contribution in [3.8, 4) is 0 Å². The Balaban J connectivity index is 1.77. The third-order valence-electron chi connectivity index (χ3n) is 3.53. The van der Waals surface area contributed by atoms with Gasteiger partial charge in [0.1, 0.15) is 0 Å². The second-order valence-corrected chi connectivity index (χ2v) is 7.29. The number of rotatable bonds is 7. The van der Waals surface area contributed by atoms with Gasteiger partial charge >= 0.3 is 0 Å². The summed E-state index contributed by atoms with van der Waals surface area (Å²) in [5.41, 5.74) is 0.428. The van der Waals surface area contributed by atoms with Crippen LogP contribution in [0.3, 0.4) is 0 Å². The van der Waals surface area contributed by atoms with Crippen LogP contribution >= 0.6 is 11.3 Å². The van der Waals surface area contributed by atoms with Crippen LogP contribution in [0.1, 0.15) is 49.8 Å². The number of aryl methyl sites for hydroxylation is 1. The molecule has 0 bridgehead atoms. The summed E-state index contributed by atoms with van der Waals surface area (Å²) in [4.78, 5) is 3.07. The van der Waals surface area contributed by atoms with E-state index in [9.17, 15) is 0 Å². The van der Waals surface area contributed by atoms with Crippen molar-refractivity contribution in [2.75, 3.05) is 6.54 Å². The molecule has 96 valence electrons. The van der Waals surface area contributed by atoms with Gasteiger partial charge in [0, 0.05) is 15.8 Å². The molecule has 1 N–H and O–H groups in total. The van der Waals surface area contributed by atoms with Crippen molar-refractivity contribution in [3.63, 3.8) is 0 Å². The van der Waals surface area contributed by atoms with E-state index in [-0.39, 0.29) is 0 Å². The Labute approximate surface area is 110 Å². The highest BCUT2D eigenvalue weighted by atomic mass is 32.1. The lowest BCUT2D eigenvalue weighted by Crippen LogP contribution is -2.25. The topological polar surface area (TPSA) is 12.0 Å². The lowest BCUT2D eigenvalue weighted by Gasteiger charge is -2.24. The third-order valence-corrected chi connectivity index (χ3v) is 4.76. The molecule has 1 aromatic heterocycles. The Hall–Kier alpha value is -0.340. The minimum absolute atomic E-state index is 0.428. The standard InChI is InChI=1S/C15H25NS/c1-4-13-7-8-14(17-13)11-15(2,3)9-10-16-12-5-6-12/h7-8,12,16H,4-6,9-11H2,1-3H3. The highest BCUT2D eigenvalue weighted by Gasteiger charge is 2.23. The SMILES string of the molecule is CCc1ccc(CC(C)(C)CCNC2CC2)s1. The van der Waals surface area contributed by atoms with Crippen LogP contribution in [0.4, 0.5) is 0 Å². The molecule has 2 heteroatoms. The summed E-state index contributed by atoms with van der Waals surface area (Å²) in [6.45, 7) is 8.21. The van der Waals surface area contributed by atoms with Crippen LogP contribution in [-0.2, 0) is 12.8 Å².